The van der Waals surface area contributed by atoms with Crippen LogP contribution in [-0.2, 0) is 0 Å². The number of nitrogens with zero attached hydrogens (tertiary/aromatic N) is 2. The number of pyridine rings is 1. The van der Waals surface area contributed by atoms with E-state index in [9.17, 15) is 9.59 Å². The van der Waals surface area contributed by atoms with E-state index in [2.05, 4.69) is 15.5 Å². The van der Waals surface area contributed by atoms with E-state index in [1.165, 1.54) is 24.7 Å². The van der Waals surface area contributed by atoms with Crippen molar-refractivity contribution < 1.29 is 18.7 Å². The van der Waals surface area contributed by atoms with Gasteiger partial charge in [-0.25, -0.2) is 10.2 Å². The Labute approximate surface area is 149 Å². The molecule has 0 radical (unpaired) electrons. The summed E-state index contributed by atoms with van der Waals surface area (Å²) in [5, 5.41) is 3.90. The molecule has 3 rings (SSSR count). The van der Waals surface area contributed by atoms with Gasteiger partial charge in [0.15, 0.2) is 0 Å². The summed E-state index contributed by atoms with van der Waals surface area (Å²) in [5.74, 6) is -0.421. The number of rotatable bonds is 5. The molecule has 26 heavy (non-hydrogen) atoms. The average Bonchev–Trinajstić information content (AvgIpc) is 3.18. The largest absolute Gasteiger partial charge is 0.457 e. The van der Waals surface area contributed by atoms with Crippen LogP contribution in [0.4, 0.5) is 0 Å². The lowest BCUT2D eigenvalue weighted by Crippen LogP contribution is -2.17. The summed E-state index contributed by atoms with van der Waals surface area (Å²) >= 11 is 0. The second kappa shape index (κ2) is 7.89. The van der Waals surface area contributed by atoms with Gasteiger partial charge in [-0.1, -0.05) is 0 Å². The Morgan fingerprint density at radius 1 is 1.15 bits per heavy atom. The lowest BCUT2D eigenvalue weighted by atomic mass is 10.2. The Balaban J connectivity index is 1.55. The molecular weight excluding hydrogens is 334 g/mol. The normalized spacial score (nSPS) is 10.7. The Morgan fingerprint density at radius 2 is 1.96 bits per heavy atom. The van der Waals surface area contributed by atoms with Crippen molar-refractivity contribution >= 4 is 18.1 Å². The van der Waals surface area contributed by atoms with E-state index in [4.69, 9.17) is 9.15 Å². The number of aryl methyl sites for hydroxylation is 1. The molecule has 0 aliphatic rings. The van der Waals surface area contributed by atoms with Crippen LogP contribution >= 0.6 is 0 Å². The number of hydrogen-bond acceptors (Lipinski definition) is 6. The first-order valence-electron chi connectivity index (χ1n) is 7.73. The number of aromatic nitrogens is 1. The Bertz CT molecular complexity index is 914. The zero-order valence-corrected chi connectivity index (χ0v) is 13.9. The van der Waals surface area contributed by atoms with Gasteiger partial charge in [-0.3, -0.25) is 9.78 Å². The highest BCUT2D eigenvalue weighted by Gasteiger charge is 2.10. The third-order valence-electron chi connectivity index (χ3n) is 3.37. The maximum atomic E-state index is 11.9. The number of ether oxygens (including phenoxy) is 1. The minimum atomic E-state index is -0.574. The van der Waals surface area contributed by atoms with Crippen LogP contribution in [-0.4, -0.2) is 23.1 Å². The van der Waals surface area contributed by atoms with Crippen molar-refractivity contribution in [2.75, 3.05) is 0 Å². The van der Waals surface area contributed by atoms with Crippen molar-refractivity contribution in [3.05, 3.63) is 83.6 Å². The summed E-state index contributed by atoms with van der Waals surface area (Å²) in [6, 6.07) is 13.2. The molecule has 0 unspecified atom stereocenters. The number of carbonyl (C=O) groups excluding carboxylic acids is 2. The third kappa shape index (κ3) is 4.41. The van der Waals surface area contributed by atoms with Crippen LogP contribution in [0.5, 0.6) is 5.75 Å². The highest BCUT2D eigenvalue weighted by Crippen LogP contribution is 2.13. The zero-order chi connectivity index (χ0) is 18.4. The van der Waals surface area contributed by atoms with Crippen LogP contribution in [0.3, 0.4) is 0 Å². The van der Waals surface area contributed by atoms with Crippen molar-refractivity contribution in [3.63, 3.8) is 0 Å². The van der Waals surface area contributed by atoms with E-state index in [0.29, 0.717) is 11.3 Å². The number of hydrazone groups is 1. The van der Waals surface area contributed by atoms with Gasteiger partial charge in [0, 0.05) is 11.9 Å². The van der Waals surface area contributed by atoms with Gasteiger partial charge in [-0.05, 0) is 61.0 Å². The number of furan rings is 1. The summed E-state index contributed by atoms with van der Waals surface area (Å²) in [4.78, 5) is 27.7. The number of hydrogen-bond donors (Lipinski definition) is 1. The minimum Gasteiger partial charge on any atom is -0.457 e. The van der Waals surface area contributed by atoms with E-state index < -0.39 is 5.97 Å². The lowest BCUT2D eigenvalue weighted by molar-refractivity contribution is 0.0701. The van der Waals surface area contributed by atoms with Crippen molar-refractivity contribution in [1.29, 1.82) is 0 Å². The molecular formula is C19H15N3O4. The average molecular weight is 349 g/mol. The highest BCUT2D eigenvalue weighted by atomic mass is 16.5. The summed E-state index contributed by atoms with van der Waals surface area (Å²) in [6.07, 6.45) is 4.37. The second-order valence-electron chi connectivity index (χ2n) is 5.32. The van der Waals surface area contributed by atoms with Crippen molar-refractivity contribution in [2.24, 2.45) is 5.10 Å². The standard InChI is InChI=1S/C19H15N3O4/c1-13-4-7-15(12-20-13)18(23)22-21-11-14-5-8-16(9-6-14)26-19(24)17-3-2-10-25-17/h2-12H,1H3,(H,22,23)/b21-11-. The van der Waals surface area contributed by atoms with Gasteiger partial charge in [0.1, 0.15) is 5.75 Å². The molecule has 1 N–H and O–H groups in total. The minimum absolute atomic E-state index is 0.129. The van der Waals surface area contributed by atoms with Crippen LogP contribution in [0.1, 0.15) is 32.2 Å². The van der Waals surface area contributed by atoms with Crippen LogP contribution in [0.15, 0.2) is 70.5 Å². The topological polar surface area (TPSA) is 93.8 Å². The molecule has 1 aromatic carbocycles. The predicted octanol–water partition coefficient (Wildman–Crippen LogP) is 2.97. The van der Waals surface area contributed by atoms with Gasteiger partial charge < -0.3 is 9.15 Å². The van der Waals surface area contributed by atoms with Crippen molar-refractivity contribution in [2.45, 2.75) is 6.92 Å². The molecule has 0 aliphatic heterocycles. The van der Waals surface area contributed by atoms with Crippen LogP contribution in [0.2, 0.25) is 0 Å². The first-order chi connectivity index (χ1) is 12.6. The van der Waals surface area contributed by atoms with Gasteiger partial charge in [-0.2, -0.15) is 5.10 Å². The number of esters is 1. The van der Waals surface area contributed by atoms with E-state index in [1.807, 2.05) is 6.92 Å². The van der Waals surface area contributed by atoms with E-state index >= 15 is 0 Å². The molecule has 0 atom stereocenters. The third-order valence-corrected chi connectivity index (χ3v) is 3.37. The molecule has 1 amide bonds. The van der Waals surface area contributed by atoms with E-state index in [-0.39, 0.29) is 11.7 Å². The number of amides is 1. The van der Waals surface area contributed by atoms with Gasteiger partial charge in [0.05, 0.1) is 18.0 Å². The first kappa shape index (κ1) is 17.1. The molecule has 0 aliphatic carbocycles. The first-order valence-corrected chi connectivity index (χ1v) is 7.73. The SMILES string of the molecule is Cc1ccc(C(=O)N/N=C\c2ccc(OC(=O)c3ccco3)cc2)cn1. The molecule has 7 nitrogen and oxygen atoms in total. The molecule has 3 aromatic rings. The molecule has 7 heteroatoms. The number of nitrogens with one attached hydrogen (secondary N) is 1. The summed E-state index contributed by atoms with van der Waals surface area (Å²) in [5.41, 5.74) is 4.41. The Kier molecular flexibility index (Phi) is 5.19. The van der Waals surface area contributed by atoms with Crippen molar-refractivity contribution in [1.82, 2.24) is 10.4 Å². The Morgan fingerprint density at radius 3 is 2.62 bits per heavy atom. The lowest BCUT2D eigenvalue weighted by Gasteiger charge is -2.02. The highest BCUT2D eigenvalue weighted by molar-refractivity contribution is 5.94. The van der Waals surface area contributed by atoms with Gasteiger partial charge in [0.25, 0.3) is 5.91 Å². The van der Waals surface area contributed by atoms with Crippen LogP contribution < -0.4 is 10.2 Å². The van der Waals surface area contributed by atoms with Crippen LogP contribution in [0, 0.1) is 6.92 Å². The fourth-order valence-corrected chi connectivity index (χ4v) is 2.01. The van der Waals surface area contributed by atoms with Gasteiger partial charge in [0.2, 0.25) is 5.76 Å². The fraction of sp³-hybridized carbons (Fsp3) is 0.0526. The predicted molar refractivity (Wildman–Crippen MR) is 94.1 cm³/mol. The maximum Gasteiger partial charge on any atom is 0.379 e. The van der Waals surface area contributed by atoms with Crippen LogP contribution in [0.25, 0.3) is 0 Å². The summed E-state index contributed by atoms with van der Waals surface area (Å²) in [7, 11) is 0. The summed E-state index contributed by atoms with van der Waals surface area (Å²) < 4.78 is 10.1. The second-order valence-corrected chi connectivity index (χ2v) is 5.32. The van der Waals surface area contributed by atoms with Gasteiger partial charge >= 0.3 is 5.97 Å². The molecule has 2 aromatic heterocycles. The fourth-order valence-electron chi connectivity index (χ4n) is 2.01. The molecule has 0 spiro atoms. The van der Waals surface area contributed by atoms with Crippen molar-refractivity contribution in [3.8, 4) is 5.75 Å². The van der Waals surface area contributed by atoms with E-state index in [1.54, 1.807) is 42.5 Å². The van der Waals surface area contributed by atoms with Gasteiger partial charge in [-0.15, -0.1) is 0 Å². The quantitative estimate of drug-likeness (QED) is 0.331. The zero-order valence-electron chi connectivity index (χ0n) is 13.9. The monoisotopic (exact) mass is 349 g/mol. The maximum absolute atomic E-state index is 11.9. The number of benzene rings is 1. The molecule has 0 saturated heterocycles. The molecule has 0 saturated carbocycles. The molecule has 130 valence electrons. The Hall–Kier alpha value is -3.74. The number of carbonyl (C=O) groups is 2. The molecule has 0 fully saturated rings. The van der Waals surface area contributed by atoms with E-state index in [0.717, 1.165) is 11.3 Å². The summed E-state index contributed by atoms with van der Waals surface area (Å²) in [6.45, 7) is 1.84. The molecule has 0 bridgehead atoms. The smallest absolute Gasteiger partial charge is 0.379 e. The molecule has 2 heterocycles.